The van der Waals surface area contributed by atoms with Crippen molar-refractivity contribution in [2.75, 3.05) is 34.3 Å². The molecule has 2 heterocycles. The Morgan fingerprint density at radius 1 is 0.627 bits per heavy atom. The molecule has 2 aliphatic carbocycles. The lowest BCUT2D eigenvalue weighted by molar-refractivity contribution is -0.146. The lowest BCUT2D eigenvalue weighted by atomic mass is 9.84. The fourth-order valence-corrected chi connectivity index (χ4v) is 11.2. The number of aryl methyl sites for hydroxylation is 2. The molecule has 6 rings (SSSR count). The summed E-state index contributed by atoms with van der Waals surface area (Å²) in [4.78, 5) is 102. The first-order valence-electron chi connectivity index (χ1n) is 27.3. The van der Waals surface area contributed by atoms with Gasteiger partial charge in [0.2, 0.25) is 41.4 Å². The van der Waals surface area contributed by atoms with Crippen LogP contribution in [0.5, 0.6) is 0 Å². The second-order valence-corrected chi connectivity index (χ2v) is 23.8. The van der Waals surface area contributed by atoms with Crippen molar-refractivity contribution in [1.29, 1.82) is 0 Å². The third-order valence-electron chi connectivity index (χ3n) is 16.1. The molecule has 1 unspecified atom stereocenters. The van der Waals surface area contributed by atoms with Gasteiger partial charge in [-0.2, -0.15) is 0 Å². The summed E-state index contributed by atoms with van der Waals surface area (Å²) in [6, 6.07) is 10.4. The van der Waals surface area contributed by atoms with Gasteiger partial charge in [-0.25, -0.2) is 0 Å². The van der Waals surface area contributed by atoms with E-state index in [1.165, 1.54) is 16.0 Å². The quantitative estimate of drug-likeness (QED) is 0.0889. The molecule has 2 aliphatic heterocycles. The highest BCUT2D eigenvalue weighted by atomic mass is 16.5. The van der Waals surface area contributed by atoms with Crippen LogP contribution in [-0.4, -0.2) is 140 Å². The third-order valence-corrected chi connectivity index (χ3v) is 16.1. The predicted molar refractivity (Wildman–Crippen MR) is 289 cm³/mol. The summed E-state index contributed by atoms with van der Waals surface area (Å²) in [5, 5.41) is 25.2. The van der Waals surface area contributed by atoms with Crippen molar-refractivity contribution in [2.24, 2.45) is 10.8 Å². The van der Waals surface area contributed by atoms with E-state index in [9.17, 15) is 33.6 Å². The van der Waals surface area contributed by atoms with Crippen LogP contribution < -0.4 is 42.5 Å². The number of benzene rings is 2. The van der Waals surface area contributed by atoms with Gasteiger partial charge in [0.15, 0.2) is 0 Å². The molecule has 0 spiro atoms. The third kappa shape index (κ3) is 14.5. The monoisotopic (exact) mass is 1040 g/mol. The fraction of sp³-hybridized carbons (Fsp3) is 0.667. The maximum absolute atomic E-state index is 14.9. The highest BCUT2D eigenvalue weighted by Crippen LogP contribution is 2.34. The molecule has 7 amide bonds. The molecule has 4 aliphatic rings. The zero-order chi connectivity index (χ0) is 55.0. The van der Waals surface area contributed by atoms with E-state index in [1.807, 2.05) is 98.8 Å². The Labute approximate surface area is 445 Å². The summed E-state index contributed by atoms with van der Waals surface area (Å²) in [7, 11) is 5.08. The molecule has 0 aromatic heterocycles. The smallest absolute Gasteiger partial charge is 0.246 e. The molecule has 18 heteroatoms. The number of amides is 7. The molecule has 0 saturated carbocycles. The Bertz CT molecular complexity index is 2370. The highest BCUT2D eigenvalue weighted by Gasteiger charge is 2.49. The minimum atomic E-state index is -0.959. The van der Waals surface area contributed by atoms with Gasteiger partial charge >= 0.3 is 0 Å². The first-order chi connectivity index (χ1) is 35.4. The SMILES string of the molecule is CN[C@@H](C)C(=O)N[C@H](C(=O)N1C[C@@H](NC(=O)CCCC(=O)N[C@H]2C[C@@H](C(=O)N[C@@H]3CCCc4ccccc43)N(C(=O)[C@@H](NC(C)(OC)[C@H](C)NC)C(C)(C)C)C2)C[C@H]1C(=O)N[C@@H]1CCCc2ccccc21)C(C)(C)C. The minimum absolute atomic E-state index is 0.00157. The molecule has 2 fully saturated rings. The number of nitrogens with one attached hydrogen (secondary N) is 8. The van der Waals surface area contributed by atoms with Gasteiger partial charge in [-0.05, 0) is 126 Å². The van der Waals surface area contributed by atoms with Crippen LogP contribution in [0.25, 0.3) is 0 Å². The minimum Gasteiger partial charge on any atom is -0.363 e. The van der Waals surface area contributed by atoms with E-state index in [1.54, 1.807) is 26.0 Å². The zero-order valence-electron chi connectivity index (χ0n) is 46.7. The van der Waals surface area contributed by atoms with Gasteiger partial charge in [0.25, 0.3) is 0 Å². The molecular weight excluding hydrogens is 953 g/mol. The lowest BCUT2D eigenvalue weighted by Crippen LogP contribution is -2.66. The molecule has 2 aromatic rings. The van der Waals surface area contributed by atoms with Gasteiger partial charge < -0.3 is 51.8 Å². The second kappa shape index (κ2) is 25.2. The Hall–Kier alpha value is -5.43. The number of carbonyl (C=O) groups is 7. The van der Waals surface area contributed by atoms with Crippen LogP contribution in [0, 0.1) is 10.8 Å². The number of hydrogen-bond acceptors (Lipinski definition) is 11. The molecule has 0 bridgehead atoms. The van der Waals surface area contributed by atoms with Crippen molar-refractivity contribution in [2.45, 2.75) is 199 Å². The summed E-state index contributed by atoms with van der Waals surface area (Å²) in [6.45, 7) is 17.2. The van der Waals surface area contributed by atoms with Crippen molar-refractivity contribution >= 4 is 41.4 Å². The average Bonchev–Trinajstić information content (AvgIpc) is 4.00. The second-order valence-electron chi connectivity index (χ2n) is 23.8. The normalized spacial score (nSPS) is 24.1. The van der Waals surface area contributed by atoms with Crippen molar-refractivity contribution in [3.8, 4) is 0 Å². The predicted octanol–water partition coefficient (Wildman–Crippen LogP) is 3.83. The lowest BCUT2D eigenvalue weighted by Gasteiger charge is -2.43. The van der Waals surface area contributed by atoms with Crippen molar-refractivity contribution < 1.29 is 38.3 Å². The van der Waals surface area contributed by atoms with Gasteiger partial charge in [-0.3, -0.25) is 38.9 Å². The van der Waals surface area contributed by atoms with E-state index in [4.69, 9.17) is 4.74 Å². The number of fused-ring (bicyclic) bond motifs is 2. The molecule has 0 radical (unpaired) electrons. The van der Waals surface area contributed by atoms with Crippen LogP contribution in [0.4, 0.5) is 0 Å². The van der Waals surface area contributed by atoms with Crippen molar-refractivity contribution in [3.63, 3.8) is 0 Å². The van der Waals surface area contributed by atoms with Crippen LogP contribution in [0.1, 0.15) is 154 Å². The highest BCUT2D eigenvalue weighted by molar-refractivity contribution is 5.95. The number of nitrogens with zero attached hydrogens (tertiary/aromatic N) is 2. The molecule has 2 aromatic carbocycles. The number of likely N-dealkylation sites (tertiary alicyclic amines) is 2. The van der Waals surface area contributed by atoms with E-state index in [0.717, 1.165) is 49.7 Å². The molecule has 414 valence electrons. The van der Waals surface area contributed by atoms with E-state index < -0.39 is 64.8 Å². The van der Waals surface area contributed by atoms with Gasteiger partial charge in [0.1, 0.15) is 23.9 Å². The first kappa shape index (κ1) is 58.8. The average molecular weight is 1040 g/mol. The Morgan fingerprint density at radius 3 is 1.48 bits per heavy atom. The molecule has 2 saturated heterocycles. The molecule has 8 N–H and O–H groups in total. The number of hydrogen-bond donors (Lipinski definition) is 8. The van der Waals surface area contributed by atoms with Gasteiger partial charge in [-0.1, -0.05) is 90.1 Å². The maximum atomic E-state index is 14.9. The van der Waals surface area contributed by atoms with E-state index >= 15 is 0 Å². The van der Waals surface area contributed by atoms with Gasteiger partial charge in [0.05, 0.1) is 24.2 Å². The van der Waals surface area contributed by atoms with Crippen molar-refractivity contribution in [3.05, 3.63) is 70.8 Å². The van der Waals surface area contributed by atoms with Gasteiger partial charge in [-0.15, -0.1) is 0 Å². The van der Waals surface area contributed by atoms with E-state index in [0.29, 0.717) is 0 Å². The number of ether oxygens (including phenoxy) is 1. The molecular formula is C57H88N10O8. The van der Waals surface area contributed by atoms with Crippen LogP contribution in [0.2, 0.25) is 0 Å². The summed E-state index contributed by atoms with van der Waals surface area (Å²) in [6.07, 6.45) is 5.79. The largest absolute Gasteiger partial charge is 0.363 e. The Kier molecular flexibility index (Phi) is 19.7. The first-order valence-corrected chi connectivity index (χ1v) is 27.3. The van der Waals surface area contributed by atoms with E-state index in [-0.39, 0.29) is 98.8 Å². The standard InChI is InChI=1S/C57H88N10O8/c1-34(58-10)50(70)64-48(55(3,4)5)53(73)66-32-38(30-44(66)51(71)62-42-26-17-22-36-20-13-15-24-40(36)42)60-46(68)28-19-29-47(69)61-39-31-45(52(72)63-43-27-18-23-37-21-14-16-25-41(37)43)67(33-39)54(74)49(56(6,7)8)65-57(9,75-12)35(2)59-11/h13-16,20-21,24-25,34-35,38-39,42-45,48-49,58-59,65H,17-19,22-23,26-33H2,1-12H3,(H,60,68)(H,61,69)(H,62,71)(H,63,72)(H,64,70)/t34-,35-,38-,39-,42+,43+,44-,45-,48+,49+,57?/m0/s1. The summed E-state index contributed by atoms with van der Waals surface area (Å²) in [5.41, 5.74) is 2.25. The van der Waals surface area contributed by atoms with Crippen LogP contribution in [0.15, 0.2) is 48.5 Å². The Balaban J connectivity index is 1.12. The number of carbonyl (C=O) groups excluding carboxylic acids is 7. The summed E-state index contributed by atoms with van der Waals surface area (Å²) in [5.74, 6) is -2.29. The van der Waals surface area contributed by atoms with E-state index in [2.05, 4.69) is 54.7 Å². The fourth-order valence-electron chi connectivity index (χ4n) is 11.2. The maximum Gasteiger partial charge on any atom is 0.246 e. The summed E-state index contributed by atoms with van der Waals surface area (Å²) >= 11 is 0. The van der Waals surface area contributed by atoms with Crippen molar-refractivity contribution in [1.82, 2.24) is 52.3 Å². The van der Waals surface area contributed by atoms with Crippen LogP contribution in [-0.2, 0) is 51.1 Å². The van der Waals surface area contributed by atoms with Crippen LogP contribution in [0.3, 0.4) is 0 Å². The Morgan fingerprint density at radius 2 is 1.07 bits per heavy atom. The van der Waals surface area contributed by atoms with Gasteiger partial charge in [0, 0.05) is 51.2 Å². The number of rotatable bonds is 20. The zero-order valence-corrected chi connectivity index (χ0v) is 46.7. The van der Waals surface area contributed by atoms with Crippen LogP contribution >= 0.6 is 0 Å². The molecule has 11 atom stereocenters. The number of likely N-dealkylation sites (N-methyl/N-ethyl adjacent to an activating group) is 2. The topological polar surface area (TPSA) is 231 Å². The molecule has 75 heavy (non-hydrogen) atoms. The number of methoxy groups -OCH3 is 1. The molecule has 18 nitrogen and oxygen atoms in total. The summed E-state index contributed by atoms with van der Waals surface area (Å²) < 4.78 is 5.95.